The molecule has 0 radical (unpaired) electrons. The van der Waals surface area contributed by atoms with Crippen molar-refractivity contribution in [3.05, 3.63) is 29.3 Å². The van der Waals surface area contributed by atoms with Gasteiger partial charge in [0, 0.05) is 29.9 Å². The average molecular weight is 347 g/mol. The summed E-state index contributed by atoms with van der Waals surface area (Å²) >= 11 is 5.74. The molecule has 8 heteroatoms. The molecule has 0 aliphatic heterocycles. The fourth-order valence-corrected chi connectivity index (χ4v) is 2.15. The molecular formula is C14H19ClN2O4S. The van der Waals surface area contributed by atoms with E-state index < -0.39 is 21.0 Å². The van der Waals surface area contributed by atoms with Crippen LogP contribution in [0.1, 0.15) is 19.8 Å². The largest absolute Gasteiger partial charge is 0.355 e. The number of carbonyl (C=O) groups is 2. The van der Waals surface area contributed by atoms with Crippen LogP contribution in [0.25, 0.3) is 0 Å². The minimum absolute atomic E-state index is 0.187. The van der Waals surface area contributed by atoms with Crippen molar-refractivity contribution in [3.63, 3.8) is 0 Å². The molecule has 2 N–H and O–H groups in total. The molecule has 0 saturated heterocycles. The van der Waals surface area contributed by atoms with Crippen LogP contribution in [0.5, 0.6) is 0 Å². The molecule has 122 valence electrons. The van der Waals surface area contributed by atoms with E-state index in [1.807, 2.05) is 0 Å². The quantitative estimate of drug-likeness (QED) is 0.733. The maximum absolute atomic E-state index is 11.7. The molecule has 0 aliphatic carbocycles. The van der Waals surface area contributed by atoms with Gasteiger partial charge in [0.25, 0.3) is 0 Å². The van der Waals surface area contributed by atoms with Crippen molar-refractivity contribution in [3.8, 4) is 0 Å². The summed E-state index contributed by atoms with van der Waals surface area (Å²) in [6.07, 6.45) is 1.65. The molecule has 1 atom stereocenters. The van der Waals surface area contributed by atoms with E-state index in [4.69, 9.17) is 11.6 Å². The molecule has 1 aromatic rings. The highest BCUT2D eigenvalue weighted by Crippen LogP contribution is 2.13. The molecule has 0 fully saturated rings. The highest BCUT2D eigenvalue weighted by Gasteiger charge is 2.22. The fraction of sp³-hybridized carbons (Fsp3) is 0.429. The lowest BCUT2D eigenvalue weighted by atomic mass is 10.2. The van der Waals surface area contributed by atoms with Gasteiger partial charge in [-0.25, -0.2) is 8.42 Å². The van der Waals surface area contributed by atoms with Crippen LogP contribution in [-0.2, 0) is 19.4 Å². The lowest BCUT2D eigenvalue weighted by Crippen LogP contribution is -2.38. The first-order valence-corrected chi connectivity index (χ1v) is 9.05. The maximum Gasteiger partial charge on any atom is 0.238 e. The van der Waals surface area contributed by atoms with Crippen molar-refractivity contribution in [1.29, 1.82) is 0 Å². The van der Waals surface area contributed by atoms with E-state index in [0.717, 1.165) is 6.26 Å². The topological polar surface area (TPSA) is 92.3 Å². The average Bonchev–Trinajstić information content (AvgIpc) is 2.44. The van der Waals surface area contributed by atoms with E-state index in [0.29, 0.717) is 17.1 Å². The normalized spacial score (nSPS) is 12.5. The predicted molar refractivity (Wildman–Crippen MR) is 86.6 cm³/mol. The summed E-state index contributed by atoms with van der Waals surface area (Å²) in [5, 5.41) is 4.69. The number of amides is 2. The smallest absolute Gasteiger partial charge is 0.238 e. The van der Waals surface area contributed by atoms with Gasteiger partial charge in [-0.3, -0.25) is 9.59 Å². The van der Waals surface area contributed by atoms with Gasteiger partial charge >= 0.3 is 0 Å². The standard InChI is InChI=1S/C14H19ClN2O4S/c1-10(22(2,20)21)14(19)16-9-3-4-13(18)17-12-7-5-11(15)6-8-12/h5-8,10H,3-4,9H2,1-2H3,(H,16,19)(H,17,18). The molecule has 0 aromatic heterocycles. The van der Waals surface area contributed by atoms with Gasteiger partial charge in [0.15, 0.2) is 9.84 Å². The first-order chi connectivity index (χ1) is 10.2. The second kappa shape index (κ2) is 8.14. The summed E-state index contributed by atoms with van der Waals surface area (Å²) in [4.78, 5) is 23.2. The Labute approximate surface area is 135 Å². The summed E-state index contributed by atoms with van der Waals surface area (Å²) in [7, 11) is -3.40. The zero-order valence-corrected chi connectivity index (χ0v) is 14.0. The fourth-order valence-electron chi connectivity index (χ4n) is 1.56. The minimum atomic E-state index is -3.40. The second-order valence-electron chi connectivity index (χ2n) is 4.92. The van der Waals surface area contributed by atoms with Crippen molar-refractivity contribution in [1.82, 2.24) is 5.32 Å². The van der Waals surface area contributed by atoms with E-state index in [-0.39, 0.29) is 18.9 Å². The van der Waals surface area contributed by atoms with Crippen LogP contribution in [-0.4, -0.2) is 38.3 Å². The molecule has 1 unspecified atom stereocenters. The van der Waals surface area contributed by atoms with Crippen molar-refractivity contribution < 1.29 is 18.0 Å². The van der Waals surface area contributed by atoms with E-state index in [1.165, 1.54) is 6.92 Å². The molecular weight excluding hydrogens is 328 g/mol. The molecule has 0 bridgehead atoms. The molecule has 6 nitrogen and oxygen atoms in total. The first-order valence-electron chi connectivity index (χ1n) is 6.72. The second-order valence-corrected chi connectivity index (χ2v) is 7.72. The van der Waals surface area contributed by atoms with Crippen LogP contribution in [0.2, 0.25) is 5.02 Å². The van der Waals surface area contributed by atoms with Gasteiger partial charge in [-0.05, 0) is 37.6 Å². The van der Waals surface area contributed by atoms with Gasteiger partial charge in [0.2, 0.25) is 11.8 Å². The van der Waals surface area contributed by atoms with E-state index in [2.05, 4.69) is 10.6 Å². The van der Waals surface area contributed by atoms with Gasteiger partial charge in [0.1, 0.15) is 5.25 Å². The Kier molecular flexibility index (Phi) is 6.83. The molecule has 22 heavy (non-hydrogen) atoms. The number of carbonyl (C=O) groups excluding carboxylic acids is 2. The van der Waals surface area contributed by atoms with Crippen LogP contribution >= 0.6 is 11.6 Å². The van der Waals surface area contributed by atoms with Crippen molar-refractivity contribution in [2.24, 2.45) is 0 Å². The van der Waals surface area contributed by atoms with Gasteiger partial charge in [-0.15, -0.1) is 0 Å². The monoisotopic (exact) mass is 346 g/mol. The number of hydrogen-bond acceptors (Lipinski definition) is 4. The number of rotatable bonds is 7. The van der Waals surface area contributed by atoms with E-state index >= 15 is 0 Å². The highest BCUT2D eigenvalue weighted by molar-refractivity contribution is 7.92. The molecule has 0 aliphatic rings. The van der Waals surface area contributed by atoms with Gasteiger partial charge in [-0.1, -0.05) is 11.6 Å². The Balaban J connectivity index is 2.28. The zero-order valence-electron chi connectivity index (χ0n) is 12.4. The summed E-state index contributed by atoms with van der Waals surface area (Å²) in [5.41, 5.74) is 0.643. The van der Waals surface area contributed by atoms with Crippen molar-refractivity contribution in [2.75, 3.05) is 18.1 Å². The van der Waals surface area contributed by atoms with E-state index in [9.17, 15) is 18.0 Å². The number of sulfone groups is 1. The molecule has 1 aromatic carbocycles. The summed E-state index contributed by atoms with van der Waals surface area (Å²) in [5.74, 6) is -0.742. The number of nitrogens with one attached hydrogen (secondary N) is 2. The molecule has 2 amide bonds. The molecule has 0 spiro atoms. The number of halogens is 1. The Morgan fingerprint density at radius 2 is 1.82 bits per heavy atom. The molecule has 1 rings (SSSR count). The third kappa shape index (κ3) is 6.44. The van der Waals surface area contributed by atoms with Gasteiger partial charge in [0.05, 0.1) is 0 Å². The lowest BCUT2D eigenvalue weighted by molar-refractivity contribution is -0.121. The lowest BCUT2D eigenvalue weighted by Gasteiger charge is -2.10. The summed E-state index contributed by atoms with van der Waals surface area (Å²) in [6.45, 7) is 1.57. The third-order valence-electron chi connectivity index (χ3n) is 3.02. The van der Waals surface area contributed by atoms with Crippen LogP contribution in [0.15, 0.2) is 24.3 Å². The number of anilines is 1. The van der Waals surface area contributed by atoms with E-state index in [1.54, 1.807) is 24.3 Å². The zero-order chi connectivity index (χ0) is 16.8. The maximum atomic E-state index is 11.7. The number of hydrogen-bond donors (Lipinski definition) is 2. The Morgan fingerprint density at radius 1 is 1.23 bits per heavy atom. The van der Waals surface area contributed by atoms with Crippen LogP contribution < -0.4 is 10.6 Å². The molecule has 0 saturated carbocycles. The highest BCUT2D eigenvalue weighted by atomic mass is 35.5. The van der Waals surface area contributed by atoms with Gasteiger partial charge < -0.3 is 10.6 Å². The van der Waals surface area contributed by atoms with Crippen LogP contribution in [0, 0.1) is 0 Å². The summed E-state index contributed by atoms with van der Waals surface area (Å²) < 4.78 is 22.4. The Hall–Kier alpha value is -1.60. The Bertz CT molecular complexity index is 629. The third-order valence-corrected chi connectivity index (χ3v) is 4.77. The van der Waals surface area contributed by atoms with Gasteiger partial charge in [-0.2, -0.15) is 0 Å². The van der Waals surface area contributed by atoms with Crippen molar-refractivity contribution in [2.45, 2.75) is 25.0 Å². The Morgan fingerprint density at radius 3 is 2.36 bits per heavy atom. The SMILES string of the molecule is CC(C(=O)NCCCC(=O)Nc1ccc(Cl)cc1)S(C)(=O)=O. The van der Waals surface area contributed by atoms with Crippen molar-refractivity contribution >= 4 is 38.9 Å². The summed E-state index contributed by atoms with van der Waals surface area (Å²) in [6, 6.07) is 6.72. The predicted octanol–water partition coefficient (Wildman–Crippen LogP) is 1.61. The minimum Gasteiger partial charge on any atom is -0.355 e. The van der Waals surface area contributed by atoms with Crippen LogP contribution in [0.3, 0.4) is 0 Å². The number of benzene rings is 1. The molecule has 0 heterocycles. The first kappa shape index (κ1) is 18.4. The van der Waals surface area contributed by atoms with Crippen LogP contribution in [0.4, 0.5) is 5.69 Å².